The summed E-state index contributed by atoms with van der Waals surface area (Å²) in [6, 6.07) is 0.629. The molecule has 5 heteroatoms. The highest BCUT2D eigenvalue weighted by Crippen LogP contribution is 2.44. The summed E-state index contributed by atoms with van der Waals surface area (Å²) < 4.78 is 0. The molecule has 106 valence electrons. The molecule has 1 aromatic rings. The zero-order valence-electron chi connectivity index (χ0n) is 11.8. The molecule has 1 atom stereocenters. The van der Waals surface area contributed by atoms with Crippen molar-refractivity contribution in [1.82, 2.24) is 10.3 Å². The van der Waals surface area contributed by atoms with E-state index in [9.17, 15) is 0 Å². The normalized spacial score (nSPS) is 23.9. The van der Waals surface area contributed by atoms with Crippen LogP contribution in [0.4, 0.5) is 5.13 Å². The molecule has 1 aliphatic heterocycles. The van der Waals surface area contributed by atoms with Crippen LogP contribution in [0.15, 0.2) is 0 Å². The first-order valence-electron chi connectivity index (χ1n) is 7.34. The SMILES string of the molecule is CCNCc1sc(N2CCSCC2C)nc1C1CC1. The zero-order valence-corrected chi connectivity index (χ0v) is 13.4. The summed E-state index contributed by atoms with van der Waals surface area (Å²) in [4.78, 5) is 8.99. The molecule has 0 aromatic carbocycles. The van der Waals surface area contributed by atoms with Gasteiger partial charge in [-0.25, -0.2) is 4.98 Å². The van der Waals surface area contributed by atoms with E-state index in [2.05, 4.69) is 35.8 Å². The maximum absolute atomic E-state index is 4.99. The van der Waals surface area contributed by atoms with Gasteiger partial charge in [0.2, 0.25) is 0 Å². The lowest BCUT2D eigenvalue weighted by molar-refractivity contribution is 0.695. The summed E-state index contributed by atoms with van der Waals surface area (Å²) in [5.41, 5.74) is 1.39. The van der Waals surface area contributed by atoms with Crippen LogP contribution < -0.4 is 10.2 Å². The third-order valence-corrected chi connectivity index (χ3v) is 6.13. The summed E-state index contributed by atoms with van der Waals surface area (Å²) in [5.74, 6) is 3.24. The van der Waals surface area contributed by atoms with Crippen molar-refractivity contribution in [3.8, 4) is 0 Å². The van der Waals surface area contributed by atoms with Crippen LogP contribution in [-0.4, -0.2) is 35.6 Å². The predicted molar refractivity (Wildman–Crippen MR) is 85.6 cm³/mol. The smallest absolute Gasteiger partial charge is 0.186 e. The largest absolute Gasteiger partial charge is 0.344 e. The maximum atomic E-state index is 4.99. The third-order valence-electron chi connectivity index (χ3n) is 3.83. The van der Waals surface area contributed by atoms with E-state index in [1.807, 2.05) is 11.3 Å². The molecule has 1 N–H and O–H groups in total. The minimum absolute atomic E-state index is 0.629. The number of anilines is 1. The van der Waals surface area contributed by atoms with Gasteiger partial charge < -0.3 is 10.2 Å². The molecule has 1 saturated heterocycles. The number of aromatic nitrogens is 1. The minimum Gasteiger partial charge on any atom is -0.344 e. The number of thiazole rings is 1. The van der Waals surface area contributed by atoms with Crippen LogP contribution >= 0.6 is 23.1 Å². The second kappa shape index (κ2) is 6.02. The van der Waals surface area contributed by atoms with Crippen molar-refractivity contribution in [3.05, 3.63) is 10.6 Å². The molecule has 1 unspecified atom stereocenters. The van der Waals surface area contributed by atoms with Gasteiger partial charge in [0.05, 0.1) is 5.69 Å². The summed E-state index contributed by atoms with van der Waals surface area (Å²) in [6.45, 7) is 7.69. The van der Waals surface area contributed by atoms with Crippen molar-refractivity contribution in [1.29, 1.82) is 0 Å². The quantitative estimate of drug-likeness (QED) is 0.904. The van der Waals surface area contributed by atoms with Crippen LogP contribution in [0.25, 0.3) is 0 Å². The van der Waals surface area contributed by atoms with Gasteiger partial charge in [0.15, 0.2) is 5.13 Å². The van der Waals surface area contributed by atoms with Crippen molar-refractivity contribution in [2.24, 2.45) is 0 Å². The third kappa shape index (κ3) is 3.09. The monoisotopic (exact) mass is 297 g/mol. The molecule has 1 aliphatic carbocycles. The second-order valence-corrected chi connectivity index (χ2v) is 7.69. The second-order valence-electron chi connectivity index (χ2n) is 5.48. The fourth-order valence-electron chi connectivity index (χ4n) is 2.53. The van der Waals surface area contributed by atoms with Gasteiger partial charge in [-0.15, -0.1) is 11.3 Å². The highest BCUT2D eigenvalue weighted by atomic mass is 32.2. The molecule has 2 fully saturated rings. The van der Waals surface area contributed by atoms with Gasteiger partial charge >= 0.3 is 0 Å². The zero-order chi connectivity index (χ0) is 13.2. The molecule has 2 aliphatic rings. The number of rotatable bonds is 5. The van der Waals surface area contributed by atoms with E-state index in [0.29, 0.717) is 6.04 Å². The number of hydrogen-bond acceptors (Lipinski definition) is 5. The van der Waals surface area contributed by atoms with Gasteiger partial charge in [-0.1, -0.05) is 6.92 Å². The average Bonchev–Trinajstić information content (AvgIpc) is 3.18. The summed E-state index contributed by atoms with van der Waals surface area (Å²) in [6.07, 6.45) is 2.68. The van der Waals surface area contributed by atoms with Crippen LogP contribution in [0, 0.1) is 0 Å². The van der Waals surface area contributed by atoms with Gasteiger partial charge in [0, 0.05) is 41.4 Å². The molecule has 0 radical (unpaired) electrons. The summed E-state index contributed by atoms with van der Waals surface area (Å²) >= 11 is 3.99. The molecule has 0 spiro atoms. The van der Waals surface area contributed by atoms with Crippen molar-refractivity contribution >= 4 is 28.2 Å². The number of nitrogens with one attached hydrogen (secondary N) is 1. The molecule has 3 nitrogen and oxygen atoms in total. The minimum atomic E-state index is 0.629. The highest BCUT2D eigenvalue weighted by Gasteiger charge is 2.31. The molecule has 0 bridgehead atoms. The van der Waals surface area contributed by atoms with Crippen LogP contribution in [0.5, 0.6) is 0 Å². The Balaban J connectivity index is 1.80. The number of hydrogen-bond donors (Lipinski definition) is 1. The first kappa shape index (κ1) is 13.7. The lowest BCUT2D eigenvalue weighted by atomic mass is 10.2. The first-order chi connectivity index (χ1) is 9.29. The van der Waals surface area contributed by atoms with E-state index in [-0.39, 0.29) is 0 Å². The molecule has 1 aromatic heterocycles. The Labute approximate surface area is 124 Å². The maximum Gasteiger partial charge on any atom is 0.186 e. The fraction of sp³-hybridized carbons (Fsp3) is 0.786. The van der Waals surface area contributed by atoms with E-state index in [1.165, 1.54) is 40.0 Å². The van der Waals surface area contributed by atoms with Gasteiger partial charge in [0.25, 0.3) is 0 Å². The van der Waals surface area contributed by atoms with Crippen molar-refractivity contribution in [2.75, 3.05) is 29.5 Å². The van der Waals surface area contributed by atoms with Gasteiger partial charge in [-0.3, -0.25) is 0 Å². The molecular weight excluding hydrogens is 274 g/mol. The Morgan fingerprint density at radius 1 is 1.42 bits per heavy atom. The lowest BCUT2D eigenvalue weighted by Crippen LogP contribution is -2.40. The Hall–Kier alpha value is -0.260. The van der Waals surface area contributed by atoms with E-state index in [4.69, 9.17) is 4.98 Å². The molecule has 0 amide bonds. The van der Waals surface area contributed by atoms with Crippen molar-refractivity contribution < 1.29 is 0 Å². The Morgan fingerprint density at radius 3 is 2.95 bits per heavy atom. The molecule has 2 heterocycles. The van der Waals surface area contributed by atoms with Crippen LogP contribution in [0.3, 0.4) is 0 Å². The van der Waals surface area contributed by atoms with E-state index >= 15 is 0 Å². The van der Waals surface area contributed by atoms with E-state index < -0.39 is 0 Å². The van der Waals surface area contributed by atoms with Crippen LogP contribution in [-0.2, 0) is 6.54 Å². The fourth-order valence-corrected chi connectivity index (χ4v) is 4.78. The Bertz CT molecular complexity index is 428. The predicted octanol–water partition coefficient (Wildman–Crippen LogP) is 3.07. The average molecular weight is 297 g/mol. The van der Waals surface area contributed by atoms with Gasteiger partial charge in [-0.05, 0) is 26.3 Å². The molecule has 19 heavy (non-hydrogen) atoms. The number of nitrogens with zero attached hydrogens (tertiary/aromatic N) is 2. The topological polar surface area (TPSA) is 28.2 Å². The van der Waals surface area contributed by atoms with E-state index in [1.54, 1.807) is 0 Å². The van der Waals surface area contributed by atoms with Gasteiger partial charge in [-0.2, -0.15) is 11.8 Å². The van der Waals surface area contributed by atoms with Gasteiger partial charge in [0.1, 0.15) is 0 Å². The molecular formula is C14H23N3S2. The Morgan fingerprint density at radius 2 is 2.26 bits per heavy atom. The van der Waals surface area contributed by atoms with Crippen molar-refractivity contribution in [2.45, 2.75) is 45.2 Å². The Kier molecular flexibility index (Phi) is 4.34. The molecule has 3 rings (SSSR count). The van der Waals surface area contributed by atoms with Crippen molar-refractivity contribution in [3.63, 3.8) is 0 Å². The summed E-state index contributed by atoms with van der Waals surface area (Å²) in [5, 5.41) is 4.73. The molecule has 1 saturated carbocycles. The summed E-state index contributed by atoms with van der Waals surface area (Å²) in [7, 11) is 0. The first-order valence-corrected chi connectivity index (χ1v) is 9.31. The van der Waals surface area contributed by atoms with Crippen LogP contribution in [0.2, 0.25) is 0 Å². The van der Waals surface area contributed by atoms with E-state index in [0.717, 1.165) is 25.6 Å². The highest BCUT2D eigenvalue weighted by molar-refractivity contribution is 7.99. The van der Waals surface area contributed by atoms with Crippen LogP contribution in [0.1, 0.15) is 43.2 Å². The number of thioether (sulfide) groups is 1. The standard InChI is InChI=1S/C14H23N3S2/c1-3-15-8-12-13(11-4-5-11)16-14(19-12)17-6-7-18-9-10(17)2/h10-11,15H,3-9H2,1-2H3. The lowest BCUT2D eigenvalue weighted by Gasteiger charge is -2.32.